The molecule has 4 rings (SSSR count). The topological polar surface area (TPSA) is 75.5 Å². The number of aromatic nitrogens is 2. The van der Waals surface area contributed by atoms with Crippen LogP contribution in [0.25, 0.3) is 16.8 Å². The van der Waals surface area contributed by atoms with Crippen LogP contribution in [0, 0.1) is 5.92 Å². The minimum Gasteiger partial charge on any atom is -0.338 e. The van der Waals surface area contributed by atoms with E-state index < -0.39 is 17.6 Å². The Labute approximate surface area is 174 Å². The summed E-state index contributed by atoms with van der Waals surface area (Å²) in [7, 11) is 0. The Balaban J connectivity index is 1.52. The average Bonchev–Trinajstić information content (AvgIpc) is 3.24. The van der Waals surface area contributed by atoms with Gasteiger partial charge in [0, 0.05) is 12.1 Å². The fourth-order valence-electron chi connectivity index (χ4n) is 2.82. The third-order valence-corrected chi connectivity index (χ3v) is 5.87. The lowest BCUT2D eigenvalue weighted by molar-refractivity contribution is -0.182. The van der Waals surface area contributed by atoms with Crippen molar-refractivity contribution < 1.29 is 22.8 Å². The number of halogens is 3. The molecule has 0 atom stereocenters. The number of nitrogens with zero attached hydrogens (tertiary/aromatic N) is 2. The number of fused-ring (bicyclic) bond motifs is 1. The van der Waals surface area contributed by atoms with Gasteiger partial charge in [-0.3, -0.25) is 9.59 Å². The molecule has 0 radical (unpaired) electrons. The van der Waals surface area contributed by atoms with Crippen molar-refractivity contribution in [3.05, 3.63) is 40.8 Å². The van der Waals surface area contributed by atoms with Crippen LogP contribution in [0.15, 0.2) is 36.0 Å². The molecular formula is C20H19F3N4O2S. The molecule has 2 amide bonds. The van der Waals surface area contributed by atoms with Gasteiger partial charge in [0.1, 0.15) is 11.2 Å². The number of carbonyl (C=O) groups is 2. The standard InChI is InChI=1S/C20H19F3N4O2S/c1-19(2,20(21,22)23)26-18(29)14-7-13(10-30-14)12-5-6-16-24-15(9-27(16)8-12)25-17(28)11-3-4-11/h5-11H,3-4H2,1-2H3,(H,25,28)(H,26,29). The van der Waals surface area contributed by atoms with E-state index in [1.165, 1.54) is 0 Å². The summed E-state index contributed by atoms with van der Waals surface area (Å²) in [6, 6.07) is 5.13. The van der Waals surface area contributed by atoms with Crippen molar-refractivity contribution >= 4 is 34.6 Å². The molecule has 158 valence electrons. The Morgan fingerprint density at radius 2 is 1.90 bits per heavy atom. The van der Waals surface area contributed by atoms with E-state index in [9.17, 15) is 22.8 Å². The van der Waals surface area contributed by atoms with Gasteiger partial charge in [-0.05, 0) is 61.4 Å². The molecule has 1 saturated carbocycles. The largest absolute Gasteiger partial charge is 0.410 e. The van der Waals surface area contributed by atoms with Crippen molar-refractivity contribution in [2.45, 2.75) is 38.4 Å². The molecule has 2 N–H and O–H groups in total. The predicted octanol–water partition coefficient (Wildman–Crippen LogP) is 4.48. The number of carbonyl (C=O) groups excluding carboxylic acids is 2. The lowest BCUT2D eigenvalue weighted by Gasteiger charge is -2.28. The maximum Gasteiger partial charge on any atom is 0.410 e. The molecule has 1 fully saturated rings. The summed E-state index contributed by atoms with van der Waals surface area (Å²) in [5.74, 6) is -0.275. The summed E-state index contributed by atoms with van der Waals surface area (Å²) >= 11 is 1.07. The molecule has 0 bridgehead atoms. The number of anilines is 1. The average molecular weight is 436 g/mol. The molecule has 1 aliphatic rings. The first-order valence-electron chi connectivity index (χ1n) is 9.31. The smallest absolute Gasteiger partial charge is 0.338 e. The molecule has 0 unspecified atom stereocenters. The van der Waals surface area contributed by atoms with E-state index in [4.69, 9.17) is 0 Å². The van der Waals surface area contributed by atoms with Gasteiger partial charge in [0.25, 0.3) is 5.91 Å². The molecule has 0 aromatic carbocycles. The van der Waals surface area contributed by atoms with E-state index in [1.807, 2.05) is 5.32 Å². The fraction of sp³-hybridized carbons (Fsp3) is 0.350. The van der Waals surface area contributed by atoms with E-state index in [-0.39, 0.29) is 16.7 Å². The first kappa shape index (κ1) is 20.4. The molecule has 10 heteroatoms. The Hall–Kier alpha value is -2.88. The number of rotatable bonds is 5. The Kier molecular flexibility index (Phi) is 4.84. The highest BCUT2D eigenvalue weighted by molar-refractivity contribution is 7.12. The minimum atomic E-state index is -4.55. The first-order chi connectivity index (χ1) is 14.0. The SMILES string of the molecule is CC(C)(NC(=O)c1cc(-c2ccc3nc(NC(=O)C4CC4)cn3c2)cs1)C(F)(F)F. The number of imidazole rings is 1. The van der Waals surface area contributed by atoms with Gasteiger partial charge >= 0.3 is 6.18 Å². The first-order valence-corrected chi connectivity index (χ1v) is 10.2. The zero-order chi connectivity index (χ0) is 21.7. The number of alkyl halides is 3. The van der Waals surface area contributed by atoms with Gasteiger partial charge in [-0.25, -0.2) is 4.98 Å². The van der Waals surface area contributed by atoms with Gasteiger partial charge in [0.15, 0.2) is 5.82 Å². The number of hydrogen-bond acceptors (Lipinski definition) is 4. The fourth-order valence-corrected chi connectivity index (χ4v) is 3.63. The van der Waals surface area contributed by atoms with E-state index in [0.717, 1.165) is 43.6 Å². The van der Waals surface area contributed by atoms with Gasteiger partial charge in [0.05, 0.1) is 11.1 Å². The van der Waals surface area contributed by atoms with Crippen molar-refractivity contribution in [1.82, 2.24) is 14.7 Å². The van der Waals surface area contributed by atoms with Crippen LogP contribution in [-0.2, 0) is 4.79 Å². The predicted molar refractivity (Wildman–Crippen MR) is 107 cm³/mol. The van der Waals surface area contributed by atoms with E-state index >= 15 is 0 Å². The Morgan fingerprint density at radius 1 is 1.17 bits per heavy atom. The zero-order valence-electron chi connectivity index (χ0n) is 16.2. The van der Waals surface area contributed by atoms with Crippen molar-refractivity contribution in [3.8, 4) is 11.1 Å². The number of hydrogen-bond donors (Lipinski definition) is 2. The van der Waals surface area contributed by atoms with Crippen LogP contribution >= 0.6 is 11.3 Å². The number of amides is 2. The molecule has 6 nitrogen and oxygen atoms in total. The Morgan fingerprint density at radius 3 is 2.57 bits per heavy atom. The number of pyridine rings is 1. The molecular weight excluding hydrogens is 417 g/mol. The lowest BCUT2D eigenvalue weighted by atomic mass is 10.1. The summed E-state index contributed by atoms with van der Waals surface area (Å²) in [6.07, 6.45) is 0.737. The summed E-state index contributed by atoms with van der Waals surface area (Å²) in [5.41, 5.74) is -0.213. The van der Waals surface area contributed by atoms with Crippen LogP contribution in [0.5, 0.6) is 0 Å². The van der Waals surface area contributed by atoms with Gasteiger partial charge in [0.2, 0.25) is 5.91 Å². The molecule has 0 spiro atoms. The summed E-state index contributed by atoms with van der Waals surface area (Å²) < 4.78 is 40.8. The molecule has 3 aromatic rings. The highest BCUT2D eigenvalue weighted by Gasteiger charge is 2.48. The van der Waals surface area contributed by atoms with E-state index in [1.54, 1.807) is 40.4 Å². The number of thiophene rings is 1. The monoisotopic (exact) mass is 436 g/mol. The molecule has 0 aliphatic heterocycles. The van der Waals surface area contributed by atoms with Crippen LogP contribution in [-0.4, -0.2) is 32.9 Å². The maximum atomic E-state index is 13.0. The molecule has 3 aromatic heterocycles. The van der Waals surface area contributed by atoms with Crippen LogP contribution in [0.3, 0.4) is 0 Å². The van der Waals surface area contributed by atoms with Crippen LogP contribution < -0.4 is 10.6 Å². The van der Waals surface area contributed by atoms with Crippen LogP contribution in [0.2, 0.25) is 0 Å². The normalized spacial score (nSPS) is 14.7. The maximum absolute atomic E-state index is 13.0. The van der Waals surface area contributed by atoms with Gasteiger partial charge in [-0.1, -0.05) is 0 Å². The second kappa shape index (κ2) is 7.12. The van der Waals surface area contributed by atoms with Crippen molar-refractivity contribution in [2.24, 2.45) is 5.92 Å². The summed E-state index contributed by atoms with van der Waals surface area (Å²) in [4.78, 5) is 28.7. The van der Waals surface area contributed by atoms with Crippen LogP contribution in [0.1, 0.15) is 36.4 Å². The van der Waals surface area contributed by atoms with Crippen molar-refractivity contribution in [2.75, 3.05) is 5.32 Å². The third-order valence-electron chi connectivity index (χ3n) is 4.94. The quantitative estimate of drug-likeness (QED) is 0.619. The van der Waals surface area contributed by atoms with Gasteiger partial charge in [-0.15, -0.1) is 11.3 Å². The lowest BCUT2D eigenvalue weighted by Crippen LogP contribution is -2.54. The zero-order valence-corrected chi connectivity index (χ0v) is 17.0. The van der Waals surface area contributed by atoms with Crippen molar-refractivity contribution in [1.29, 1.82) is 0 Å². The van der Waals surface area contributed by atoms with Gasteiger partial charge in [-0.2, -0.15) is 13.2 Å². The minimum absolute atomic E-state index is 0.0334. The third kappa shape index (κ3) is 4.04. The second-order valence-corrected chi connectivity index (χ2v) is 8.76. The molecule has 30 heavy (non-hydrogen) atoms. The summed E-state index contributed by atoms with van der Waals surface area (Å²) in [5, 5.41) is 6.54. The van der Waals surface area contributed by atoms with Gasteiger partial charge < -0.3 is 15.0 Å². The second-order valence-electron chi connectivity index (χ2n) is 7.85. The van der Waals surface area contributed by atoms with E-state index in [2.05, 4.69) is 10.3 Å². The molecule has 1 aliphatic carbocycles. The van der Waals surface area contributed by atoms with Crippen LogP contribution in [0.4, 0.5) is 19.0 Å². The Bertz CT molecular complexity index is 1130. The molecule has 3 heterocycles. The molecule has 0 saturated heterocycles. The highest BCUT2D eigenvalue weighted by atomic mass is 32.1. The number of nitrogens with one attached hydrogen (secondary N) is 2. The van der Waals surface area contributed by atoms with E-state index in [0.29, 0.717) is 17.0 Å². The van der Waals surface area contributed by atoms with Crippen molar-refractivity contribution in [3.63, 3.8) is 0 Å². The highest BCUT2D eigenvalue weighted by Crippen LogP contribution is 2.32. The summed E-state index contributed by atoms with van der Waals surface area (Å²) in [6.45, 7) is 1.85.